The zero-order valence-electron chi connectivity index (χ0n) is 13.3. The summed E-state index contributed by atoms with van der Waals surface area (Å²) in [5.41, 5.74) is 0.822. The number of nitriles is 1. The van der Waals surface area contributed by atoms with Crippen molar-refractivity contribution in [2.45, 2.75) is 13.3 Å². The second-order valence-electron chi connectivity index (χ2n) is 4.67. The largest absolute Gasteiger partial charge is 0.494 e. The van der Waals surface area contributed by atoms with Gasteiger partial charge in [-0.15, -0.1) is 0 Å². The molecule has 0 saturated heterocycles. The van der Waals surface area contributed by atoms with E-state index in [1.54, 1.807) is 13.1 Å². The van der Waals surface area contributed by atoms with Gasteiger partial charge in [-0.25, -0.2) is 4.79 Å². The molecule has 0 heterocycles. The van der Waals surface area contributed by atoms with E-state index in [4.69, 9.17) is 14.7 Å². The molecule has 122 valence electrons. The molecule has 23 heavy (non-hydrogen) atoms. The Bertz CT molecular complexity index is 588. The van der Waals surface area contributed by atoms with Gasteiger partial charge in [0, 0.05) is 19.7 Å². The first-order valence-corrected chi connectivity index (χ1v) is 7.25. The van der Waals surface area contributed by atoms with E-state index < -0.39 is 5.97 Å². The smallest absolute Gasteiger partial charge is 0.331 e. The lowest BCUT2D eigenvalue weighted by molar-refractivity contribution is -0.147. The number of likely N-dealkylation sites (N-methyl/N-ethyl adjacent to an activating group) is 1. The third kappa shape index (κ3) is 7.14. The van der Waals surface area contributed by atoms with Crippen molar-refractivity contribution in [1.82, 2.24) is 4.90 Å². The van der Waals surface area contributed by atoms with Crippen molar-refractivity contribution in [2.75, 3.05) is 26.8 Å². The van der Waals surface area contributed by atoms with Crippen molar-refractivity contribution >= 4 is 18.0 Å². The zero-order valence-corrected chi connectivity index (χ0v) is 13.3. The summed E-state index contributed by atoms with van der Waals surface area (Å²) in [5.74, 6) is -0.179. The molecule has 0 radical (unpaired) electrons. The van der Waals surface area contributed by atoms with Crippen molar-refractivity contribution in [2.24, 2.45) is 0 Å². The van der Waals surface area contributed by atoms with Crippen LogP contribution in [0.2, 0.25) is 0 Å². The van der Waals surface area contributed by atoms with Crippen LogP contribution in [0.4, 0.5) is 0 Å². The van der Waals surface area contributed by atoms with Crippen molar-refractivity contribution in [1.29, 1.82) is 5.26 Å². The highest BCUT2D eigenvalue weighted by molar-refractivity contribution is 5.89. The second kappa shape index (κ2) is 10.0. The molecule has 0 fully saturated rings. The lowest BCUT2D eigenvalue weighted by Crippen LogP contribution is -2.31. The molecule has 1 amide bonds. The summed E-state index contributed by atoms with van der Waals surface area (Å²) in [6.07, 6.45) is 3.11. The molecule has 0 N–H and O–H groups in total. The van der Waals surface area contributed by atoms with Crippen LogP contribution in [0.3, 0.4) is 0 Å². The van der Waals surface area contributed by atoms with Gasteiger partial charge in [-0.2, -0.15) is 5.26 Å². The molecular formula is C17H20N2O4. The maximum atomic E-state index is 11.6. The highest BCUT2D eigenvalue weighted by atomic mass is 16.5. The molecule has 0 saturated carbocycles. The number of ether oxygens (including phenoxy) is 2. The van der Waals surface area contributed by atoms with Crippen molar-refractivity contribution in [3.8, 4) is 11.8 Å². The van der Waals surface area contributed by atoms with Crippen LogP contribution in [0, 0.1) is 11.3 Å². The second-order valence-corrected chi connectivity index (χ2v) is 4.67. The molecule has 0 aromatic heterocycles. The Balaban J connectivity index is 2.41. The Morgan fingerprint density at radius 2 is 2.00 bits per heavy atom. The van der Waals surface area contributed by atoms with Crippen LogP contribution >= 0.6 is 0 Å². The Kier molecular flexibility index (Phi) is 7.94. The molecule has 0 spiro atoms. The summed E-state index contributed by atoms with van der Waals surface area (Å²) < 4.78 is 10.2. The van der Waals surface area contributed by atoms with E-state index in [1.807, 2.05) is 37.3 Å². The van der Waals surface area contributed by atoms with E-state index in [0.717, 1.165) is 11.3 Å². The minimum Gasteiger partial charge on any atom is -0.494 e. The predicted octanol–water partition coefficient (Wildman–Crippen LogP) is 2.01. The first-order chi connectivity index (χ1) is 11.1. The standard InChI is InChI=1S/C17H20N2O4/c1-3-22-15-8-5-14(6-9-15)7-10-17(21)23-13-16(20)19(2)12-4-11-18/h5-10H,3-4,12-13H2,1-2H3/b10-7+. The number of esters is 1. The van der Waals surface area contributed by atoms with E-state index in [0.29, 0.717) is 13.2 Å². The molecule has 6 nitrogen and oxygen atoms in total. The van der Waals surface area contributed by atoms with Gasteiger partial charge in [0.15, 0.2) is 6.61 Å². The fourth-order valence-corrected chi connectivity index (χ4v) is 1.64. The number of hydrogen-bond donors (Lipinski definition) is 0. The lowest BCUT2D eigenvalue weighted by atomic mass is 10.2. The van der Waals surface area contributed by atoms with Gasteiger partial charge >= 0.3 is 5.97 Å². The normalized spacial score (nSPS) is 10.1. The Morgan fingerprint density at radius 3 is 2.61 bits per heavy atom. The van der Waals surface area contributed by atoms with Crippen LogP contribution in [-0.4, -0.2) is 43.6 Å². The summed E-state index contributed by atoms with van der Waals surface area (Å²) >= 11 is 0. The molecule has 1 aromatic carbocycles. The SMILES string of the molecule is CCOc1ccc(/C=C/C(=O)OCC(=O)N(C)CCC#N)cc1. The summed E-state index contributed by atoms with van der Waals surface area (Å²) in [4.78, 5) is 24.6. The Labute approximate surface area is 135 Å². The van der Waals surface area contributed by atoms with Crippen LogP contribution in [0.15, 0.2) is 30.3 Å². The third-order valence-electron chi connectivity index (χ3n) is 2.93. The molecule has 0 aliphatic heterocycles. The number of amides is 1. The van der Waals surface area contributed by atoms with Gasteiger partial charge in [-0.3, -0.25) is 4.79 Å². The monoisotopic (exact) mass is 316 g/mol. The van der Waals surface area contributed by atoms with Gasteiger partial charge < -0.3 is 14.4 Å². The summed E-state index contributed by atoms with van der Waals surface area (Å²) in [6.45, 7) is 2.48. The molecule has 1 aromatic rings. The van der Waals surface area contributed by atoms with Gasteiger partial charge in [0.1, 0.15) is 5.75 Å². The van der Waals surface area contributed by atoms with E-state index in [2.05, 4.69) is 0 Å². The highest BCUT2D eigenvalue weighted by Gasteiger charge is 2.10. The molecule has 0 aliphatic rings. The number of rotatable bonds is 8. The molecule has 0 atom stereocenters. The molecule has 1 rings (SSSR count). The fourth-order valence-electron chi connectivity index (χ4n) is 1.64. The molecule has 0 bridgehead atoms. The van der Waals surface area contributed by atoms with Crippen LogP contribution in [0.1, 0.15) is 18.9 Å². The maximum Gasteiger partial charge on any atom is 0.331 e. The zero-order chi connectivity index (χ0) is 17.1. The van der Waals surface area contributed by atoms with Crippen molar-refractivity contribution < 1.29 is 19.1 Å². The van der Waals surface area contributed by atoms with Crippen molar-refractivity contribution in [3.05, 3.63) is 35.9 Å². The predicted molar refractivity (Wildman–Crippen MR) is 85.5 cm³/mol. The highest BCUT2D eigenvalue weighted by Crippen LogP contribution is 2.13. The number of carbonyl (C=O) groups excluding carboxylic acids is 2. The summed E-state index contributed by atoms with van der Waals surface area (Å²) in [7, 11) is 1.56. The molecule has 6 heteroatoms. The van der Waals surface area contributed by atoms with Gasteiger partial charge in [-0.1, -0.05) is 12.1 Å². The summed E-state index contributed by atoms with van der Waals surface area (Å²) in [6, 6.07) is 9.19. The first kappa shape index (κ1) is 18.2. The molecular weight excluding hydrogens is 296 g/mol. The topological polar surface area (TPSA) is 79.6 Å². The Hall–Kier alpha value is -2.81. The van der Waals surface area contributed by atoms with Gasteiger partial charge in [0.05, 0.1) is 19.1 Å². The number of nitrogens with zero attached hydrogens (tertiary/aromatic N) is 2. The van der Waals surface area contributed by atoms with Gasteiger partial charge in [0.2, 0.25) is 0 Å². The quantitative estimate of drug-likeness (QED) is 0.541. The Morgan fingerprint density at radius 1 is 1.30 bits per heavy atom. The number of carbonyl (C=O) groups is 2. The van der Waals surface area contributed by atoms with Crippen LogP contribution in [0.25, 0.3) is 6.08 Å². The van der Waals surface area contributed by atoms with E-state index in [9.17, 15) is 9.59 Å². The van der Waals surface area contributed by atoms with Gasteiger partial charge in [0.25, 0.3) is 5.91 Å². The van der Waals surface area contributed by atoms with Gasteiger partial charge in [-0.05, 0) is 30.7 Å². The maximum absolute atomic E-state index is 11.6. The fraction of sp³-hybridized carbons (Fsp3) is 0.353. The molecule has 0 unspecified atom stereocenters. The average Bonchev–Trinajstić information content (AvgIpc) is 2.57. The molecule has 0 aliphatic carbocycles. The number of hydrogen-bond acceptors (Lipinski definition) is 5. The van der Waals surface area contributed by atoms with Crippen LogP contribution < -0.4 is 4.74 Å². The number of benzene rings is 1. The van der Waals surface area contributed by atoms with E-state index in [1.165, 1.54) is 11.0 Å². The average molecular weight is 316 g/mol. The minimum absolute atomic E-state index is 0.244. The van der Waals surface area contributed by atoms with Crippen LogP contribution in [-0.2, 0) is 14.3 Å². The van der Waals surface area contributed by atoms with E-state index in [-0.39, 0.29) is 18.9 Å². The van der Waals surface area contributed by atoms with Crippen LogP contribution in [0.5, 0.6) is 5.75 Å². The third-order valence-corrected chi connectivity index (χ3v) is 2.93. The first-order valence-electron chi connectivity index (χ1n) is 7.25. The van der Waals surface area contributed by atoms with Crippen molar-refractivity contribution in [3.63, 3.8) is 0 Å². The lowest BCUT2D eigenvalue weighted by Gasteiger charge is -2.14. The van der Waals surface area contributed by atoms with E-state index >= 15 is 0 Å². The summed E-state index contributed by atoms with van der Waals surface area (Å²) in [5, 5.41) is 8.45. The minimum atomic E-state index is -0.596.